The fourth-order valence-electron chi connectivity index (χ4n) is 1.66. The van der Waals surface area contributed by atoms with Crippen molar-refractivity contribution in [3.05, 3.63) is 29.6 Å². The second-order valence-electron chi connectivity index (χ2n) is 4.11. The van der Waals surface area contributed by atoms with Crippen molar-refractivity contribution in [1.29, 1.82) is 0 Å². The van der Waals surface area contributed by atoms with E-state index in [-0.39, 0.29) is 18.0 Å². The van der Waals surface area contributed by atoms with Gasteiger partial charge in [-0.05, 0) is 24.6 Å². The molecule has 0 amide bonds. The first kappa shape index (κ1) is 18.9. The van der Waals surface area contributed by atoms with E-state index in [9.17, 15) is 22.7 Å². The Kier molecular flexibility index (Phi) is 7.26. The average Bonchev–Trinajstić information content (AvgIpc) is 2.29. The molecular weight excluding hydrogens is 302 g/mol. The SMILES string of the molecule is CCC[C@@H](O)[C@@H](N)c1cc(OC(F)(F)F)ccc1F.Cl. The van der Waals surface area contributed by atoms with Crippen molar-refractivity contribution in [2.75, 3.05) is 0 Å². The molecule has 0 unspecified atom stereocenters. The maximum absolute atomic E-state index is 13.5. The van der Waals surface area contributed by atoms with Crippen molar-refractivity contribution in [3.8, 4) is 5.75 Å². The maximum atomic E-state index is 13.5. The van der Waals surface area contributed by atoms with Gasteiger partial charge in [-0.2, -0.15) is 0 Å². The lowest BCUT2D eigenvalue weighted by Gasteiger charge is -2.20. The number of nitrogens with two attached hydrogens (primary N) is 1. The summed E-state index contributed by atoms with van der Waals surface area (Å²) in [5.74, 6) is -1.35. The summed E-state index contributed by atoms with van der Waals surface area (Å²) in [5, 5.41) is 9.66. The summed E-state index contributed by atoms with van der Waals surface area (Å²) < 4.78 is 53.4. The van der Waals surface area contributed by atoms with E-state index in [0.29, 0.717) is 12.8 Å². The molecule has 0 aliphatic heterocycles. The number of benzene rings is 1. The lowest BCUT2D eigenvalue weighted by Crippen LogP contribution is -2.27. The molecule has 3 nitrogen and oxygen atoms in total. The first-order valence-electron chi connectivity index (χ1n) is 5.73. The second kappa shape index (κ2) is 7.66. The highest BCUT2D eigenvalue weighted by atomic mass is 35.5. The van der Waals surface area contributed by atoms with Crippen molar-refractivity contribution >= 4 is 12.4 Å². The number of hydrogen-bond donors (Lipinski definition) is 2. The molecule has 1 aromatic carbocycles. The van der Waals surface area contributed by atoms with Crippen LogP contribution in [0.15, 0.2) is 18.2 Å². The van der Waals surface area contributed by atoms with E-state index in [1.807, 2.05) is 0 Å². The van der Waals surface area contributed by atoms with E-state index in [0.717, 1.165) is 18.2 Å². The fourth-order valence-corrected chi connectivity index (χ4v) is 1.66. The van der Waals surface area contributed by atoms with Gasteiger partial charge in [-0.15, -0.1) is 25.6 Å². The van der Waals surface area contributed by atoms with E-state index in [2.05, 4.69) is 4.74 Å². The first-order valence-corrected chi connectivity index (χ1v) is 5.73. The molecule has 0 bridgehead atoms. The zero-order valence-electron chi connectivity index (χ0n) is 10.7. The van der Waals surface area contributed by atoms with E-state index in [4.69, 9.17) is 5.73 Å². The van der Waals surface area contributed by atoms with Gasteiger partial charge in [0.15, 0.2) is 0 Å². The van der Waals surface area contributed by atoms with Crippen LogP contribution in [0.3, 0.4) is 0 Å². The Morgan fingerprint density at radius 1 is 1.35 bits per heavy atom. The van der Waals surface area contributed by atoms with Crippen molar-refractivity contribution in [3.63, 3.8) is 0 Å². The molecule has 0 fully saturated rings. The van der Waals surface area contributed by atoms with Gasteiger partial charge in [-0.3, -0.25) is 0 Å². The largest absolute Gasteiger partial charge is 0.573 e. The second-order valence-corrected chi connectivity index (χ2v) is 4.11. The molecule has 8 heteroatoms. The van der Waals surface area contributed by atoms with E-state index >= 15 is 0 Å². The van der Waals surface area contributed by atoms with Gasteiger partial charge in [0.25, 0.3) is 0 Å². The smallest absolute Gasteiger partial charge is 0.406 e. The summed E-state index contributed by atoms with van der Waals surface area (Å²) in [6.45, 7) is 1.80. The number of halogens is 5. The summed E-state index contributed by atoms with van der Waals surface area (Å²) >= 11 is 0. The molecule has 2 atom stereocenters. The molecule has 0 aliphatic carbocycles. The van der Waals surface area contributed by atoms with E-state index < -0.39 is 30.1 Å². The maximum Gasteiger partial charge on any atom is 0.573 e. The molecule has 0 saturated carbocycles. The first-order chi connectivity index (χ1) is 8.74. The van der Waals surface area contributed by atoms with E-state index in [1.54, 1.807) is 6.92 Å². The lowest BCUT2D eigenvalue weighted by molar-refractivity contribution is -0.274. The van der Waals surface area contributed by atoms with Gasteiger partial charge in [-0.1, -0.05) is 13.3 Å². The van der Waals surface area contributed by atoms with Crippen molar-refractivity contribution in [2.24, 2.45) is 5.73 Å². The third-order valence-corrected chi connectivity index (χ3v) is 2.56. The number of aliphatic hydroxyl groups is 1. The van der Waals surface area contributed by atoms with Gasteiger partial charge in [0.2, 0.25) is 0 Å². The third-order valence-electron chi connectivity index (χ3n) is 2.56. The van der Waals surface area contributed by atoms with Crippen LogP contribution in [0.5, 0.6) is 5.75 Å². The van der Waals surface area contributed by atoms with Gasteiger partial charge in [-0.25, -0.2) is 4.39 Å². The van der Waals surface area contributed by atoms with Crippen LogP contribution in [0, 0.1) is 5.82 Å². The van der Waals surface area contributed by atoms with Crippen LogP contribution in [-0.4, -0.2) is 17.6 Å². The number of aliphatic hydroxyl groups excluding tert-OH is 1. The third kappa shape index (κ3) is 5.52. The minimum atomic E-state index is -4.86. The fraction of sp³-hybridized carbons (Fsp3) is 0.500. The Morgan fingerprint density at radius 2 is 1.95 bits per heavy atom. The Labute approximate surface area is 120 Å². The number of ether oxygens (including phenoxy) is 1. The molecule has 0 radical (unpaired) electrons. The van der Waals surface area contributed by atoms with Gasteiger partial charge in [0.1, 0.15) is 11.6 Å². The molecule has 0 heterocycles. The highest BCUT2D eigenvalue weighted by Gasteiger charge is 2.31. The normalized spacial score (nSPS) is 14.3. The standard InChI is InChI=1S/C12H15F4NO2.ClH/c1-2-3-10(18)11(17)8-6-7(4-5-9(8)13)19-12(14,15)16;/h4-6,10-11,18H,2-3,17H2,1H3;1H/t10-,11+;/m1./s1. The molecule has 20 heavy (non-hydrogen) atoms. The van der Waals surface area contributed by atoms with Crippen LogP contribution >= 0.6 is 12.4 Å². The van der Waals surface area contributed by atoms with Crippen LogP contribution in [0.1, 0.15) is 31.4 Å². The quantitative estimate of drug-likeness (QED) is 0.819. The molecule has 0 aliphatic rings. The molecule has 0 spiro atoms. The number of rotatable bonds is 5. The predicted molar refractivity (Wildman–Crippen MR) is 68.2 cm³/mol. The molecule has 0 aromatic heterocycles. The van der Waals surface area contributed by atoms with Gasteiger partial charge in [0, 0.05) is 5.56 Å². The van der Waals surface area contributed by atoms with Gasteiger partial charge < -0.3 is 15.6 Å². The zero-order chi connectivity index (χ0) is 14.6. The molecule has 0 saturated heterocycles. The molecule has 1 rings (SSSR count). The van der Waals surface area contributed by atoms with Crippen molar-refractivity contribution < 1.29 is 27.4 Å². The zero-order valence-corrected chi connectivity index (χ0v) is 11.5. The van der Waals surface area contributed by atoms with E-state index in [1.165, 1.54) is 0 Å². The van der Waals surface area contributed by atoms with Crippen LogP contribution < -0.4 is 10.5 Å². The summed E-state index contributed by atoms with van der Waals surface area (Å²) in [4.78, 5) is 0. The number of hydrogen-bond acceptors (Lipinski definition) is 3. The topological polar surface area (TPSA) is 55.5 Å². The Bertz CT molecular complexity index is 428. The monoisotopic (exact) mass is 317 g/mol. The van der Waals surface area contributed by atoms with Crippen LogP contribution in [-0.2, 0) is 0 Å². The van der Waals surface area contributed by atoms with Crippen LogP contribution in [0.25, 0.3) is 0 Å². The summed E-state index contributed by atoms with van der Waals surface area (Å²) in [7, 11) is 0. The lowest BCUT2D eigenvalue weighted by atomic mass is 9.98. The summed E-state index contributed by atoms with van der Waals surface area (Å²) in [5.41, 5.74) is 5.43. The highest BCUT2D eigenvalue weighted by Crippen LogP contribution is 2.28. The average molecular weight is 318 g/mol. The van der Waals surface area contributed by atoms with Gasteiger partial charge in [0.05, 0.1) is 12.1 Å². The number of alkyl halides is 3. The predicted octanol–water partition coefficient (Wildman–Crippen LogP) is 3.31. The van der Waals surface area contributed by atoms with Gasteiger partial charge >= 0.3 is 6.36 Å². The Hall–Kier alpha value is -1.05. The summed E-state index contributed by atoms with van der Waals surface area (Å²) in [6, 6.07) is 1.43. The minimum absolute atomic E-state index is 0. The van der Waals surface area contributed by atoms with Crippen molar-refractivity contribution in [2.45, 2.75) is 38.3 Å². The van der Waals surface area contributed by atoms with Crippen LogP contribution in [0.4, 0.5) is 17.6 Å². The Morgan fingerprint density at radius 3 is 2.45 bits per heavy atom. The molecule has 1 aromatic rings. The molecule has 3 N–H and O–H groups in total. The summed E-state index contributed by atoms with van der Waals surface area (Å²) in [6.07, 6.45) is -4.94. The van der Waals surface area contributed by atoms with Crippen LogP contribution in [0.2, 0.25) is 0 Å². The Balaban J connectivity index is 0.00000361. The molecule has 116 valence electrons. The minimum Gasteiger partial charge on any atom is -0.406 e. The van der Waals surface area contributed by atoms with Crippen molar-refractivity contribution in [1.82, 2.24) is 0 Å². The highest BCUT2D eigenvalue weighted by molar-refractivity contribution is 5.85. The molecular formula is C12H16ClF4NO2.